The van der Waals surface area contributed by atoms with E-state index in [1.807, 2.05) is 32.0 Å². The Morgan fingerprint density at radius 1 is 1.07 bits per heavy atom. The number of esters is 1. The van der Waals surface area contributed by atoms with Crippen molar-refractivity contribution in [2.45, 2.75) is 20.3 Å². The zero-order valence-corrected chi connectivity index (χ0v) is 17.1. The number of carbonyl (C=O) groups is 2. The lowest BCUT2D eigenvalue weighted by Gasteiger charge is -2.12. The van der Waals surface area contributed by atoms with Gasteiger partial charge in [-0.25, -0.2) is 9.18 Å². The number of hydrogen-bond acceptors (Lipinski definition) is 5. The fourth-order valence-corrected chi connectivity index (χ4v) is 2.78. The third kappa shape index (κ3) is 6.64. The van der Waals surface area contributed by atoms with Gasteiger partial charge >= 0.3 is 5.97 Å². The number of nitrogens with one attached hydrogen (secondary N) is 1. The molecule has 0 saturated heterocycles. The minimum absolute atomic E-state index is 0.0731. The highest BCUT2D eigenvalue weighted by atomic mass is 35.5. The molecule has 0 fully saturated rings. The van der Waals surface area contributed by atoms with E-state index in [1.165, 1.54) is 12.1 Å². The summed E-state index contributed by atoms with van der Waals surface area (Å²) in [7, 11) is 0. The van der Waals surface area contributed by atoms with Crippen molar-refractivity contribution < 1.29 is 28.2 Å². The number of ether oxygens (including phenoxy) is 3. The normalized spacial score (nSPS) is 10.3. The standard InChI is InChI=1S/C21H23ClFNO5/c1-3-27-17-9-8-14(12-18(17)28-4-2)10-11-24-19(25)13-29-21(26)20-15(22)6-5-7-16(20)23/h5-9,12H,3-4,10-11,13H2,1-2H3,(H,24,25). The van der Waals surface area contributed by atoms with Gasteiger partial charge in [0.25, 0.3) is 5.91 Å². The maximum absolute atomic E-state index is 13.7. The fraction of sp³-hybridized carbons (Fsp3) is 0.333. The minimum Gasteiger partial charge on any atom is -0.490 e. The van der Waals surface area contributed by atoms with Crippen LogP contribution in [0.2, 0.25) is 5.02 Å². The molecule has 0 bridgehead atoms. The van der Waals surface area contributed by atoms with E-state index in [-0.39, 0.29) is 10.6 Å². The number of hydrogen-bond donors (Lipinski definition) is 1. The highest BCUT2D eigenvalue weighted by molar-refractivity contribution is 6.33. The Hall–Kier alpha value is -2.80. The molecule has 29 heavy (non-hydrogen) atoms. The predicted molar refractivity (Wildman–Crippen MR) is 107 cm³/mol. The summed E-state index contributed by atoms with van der Waals surface area (Å²) < 4.78 is 29.6. The number of benzene rings is 2. The van der Waals surface area contributed by atoms with Crippen LogP contribution in [0.4, 0.5) is 4.39 Å². The van der Waals surface area contributed by atoms with E-state index in [4.69, 9.17) is 25.8 Å². The summed E-state index contributed by atoms with van der Waals surface area (Å²) >= 11 is 5.80. The zero-order valence-electron chi connectivity index (χ0n) is 16.3. The van der Waals surface area contributed by atoms with Crippen LogP contribution in [0.3, 0.4) is 0 Å². The van der Waals surface area contributed by atoms with Crippen LogP contribution in [0.1, 0.15) is 29.8 Å². The first-order chi connectivity index (χ1) is 14.0. The molecule has 6 nitrogen and oxygen atoms in total. The van der Waals surface area contributed by atoms with E-state index in [9.17, 15) is 14.0 Å². The molecule has 0 heterocycles. The SMILES string of the molecule is CCOc1ccc(CCNC(=O)COC(=O)c2c(F)cccc2Cl)cc1OCC. The molecule has 156 valence electrons. The third-order valence-corrected chi connectivity index (χ3v) is 4.16. The summed E-state index contributed by atoms with van der Waals surface area (Å²) in [4.78, 5) is 23.8. The second-order valence-electron chi connectivity index (χ2n) is 5.92. The Labute approximate surface area is 173 Å². The van der Waals surface area contributed by atoms with E-state index in [0.717, 1.165) is 11.6 Å². The average molecular weight is 424 g/mol. The first-order valence-electron chi connectivity index (χ1n) is 9.22. The minimum atomic E-state index is -0.990. The van der Waals surface area contributed by atoms with Crippen molar-refractivity contribution in [3.05, 3.63) is 58.4 Å². The molecule has 2 aromatic carbocycles. The van der Waals surface area contributed by atoms with Crippen molar-refractivity contribution in [3.63, 3.8) is 0 Å². The van der Waals surface area contributed by atoms with Gasteiger partial charge in [0, 0.05) is 6.54 Å². The summed E-state index contributed by atoms with van der Waals surface area (Å²) in [6.07, 6.45) is 0.547. The van der Waals surface area contributed by atoms with E-state index >= 15 is 0 Å². The van der Waals surface area contributed by atoms with Crippen LogP contribution in [-0.4, -0.2) is 38.2 Å². The van der Waals surface area contributed by atoms with Crippen LogP contribution in [0, 0.1) is 5.82 Å². The van der Waals surface area contributed by atoms with Crippen LogP contribution in [0.15, 0.2) is 36.4 Å². The molecule has 2 rings (SSSR count). The molecule has 2 aromatic rings. The maximum Gasteiger partial charge on any atom is 0.343 e. The van der Waals surface area contributed by atoms with Gasteiger partial charge in [0.2, 0.25) is 0 Å². The molecule has 0 saturated carbocycles. The van der Waals surface area contributed by atoms with Gasteiger partial charge in [-0.2, -0.15) is 0 Å². The number of halogens is 2. The topological polar surface area (TPSA) is 73.9 Å². The van der Waals surface area contributed by atoms with Crippen LogP contribution < -0.4 is 14.8 Å². The van der Waals surface area contributed by atoms with Crippen LogP contribution >= 0.6 is 11.6 Å². The molecule has 0 atom stereocenters. The predicted octanol–water partition coefficient (Wildman–Crippen LogP) is 3.79. The first kappa shape index (κ1) is 22.5. The molecule has 1 amide bonds. The molecular formula is C21H23ClFNO5. The number of rotatable bonds is 10. The smallest absolute Gasteiger partial charge is 0.343 e. The second kappa shape index (κ2) is 11.3. The lowest BCUT2D eigenvalue weighted by molar-refractivity contribution is -0.124. The highest BCUT2D eigenvalue weighted by Gasteiger charge is 2.18. The van der Waals surface area contributed by atoms with Crippen LogP contribution in [0.5, 0.6) is 11.5 Å². The van der Waals surface area contributed by atoms with Crippen LogP contribution in [0.25, 0.3) is 0 Å². The fourth-order valence-electron chi connectivity index (χ4n) is 2.54. The highest BCUT2D eigenvalue weighted by Crippen LogP contribution is 2.28. The summed E-state index contributed by atoms with van der Waals surface area (Å²) in [5.74, 6) is -0.976. The average Bonchev–Trinajstić information content (AvgIpc) is 2.68. The molecule has 0 aliphatic heterocycles. The van der Waals surface area contributed by atoms with Crippen molar-refractivity contribution in [1.29, 1.82) is 0 Å². The number of carbonyl (C=O) groups excluding carboxylic acids is 2. The van der Waals surface area contributed by atoms with Crippen LogP contribution in [-0.2, 0) is 16.0 Å². The summed E-state index contributed by atoms with van der Waals surface area (Å²) in [6.45, 7) is 4.63. The van der Waals surface area contributed by atoms with Gasteiger partial charge < -0.3 is 19.5 Å². The lowest BCUT2D eigenvalue weighted by atomic mass is 10.1. The van der Waals surface area contributed by atoms with Gasteiger partial charge in [0.15, 0.2) is 18.1 Å². The molecule has 0 aromatic heterocycles. The molecular weight excluding hydrogens is 401 g/mol. The molecule has 0 aliphatic carbocycles. The van der Waals surface area contributed by atoms with Gasteiger partial charge in [-0.05, 0) is 50.1 Å². The molecule has 0 unspecified atom stereocenters. The van der Waals surface area contributed by atoms with Crippen molar-refractivity contribution in [3.8, 4) is 11.5 Å². The summed E-state index contributed by atoms with van der Waals surface area (Å²) in [5.41, 5.74) is 0.562. The van der Waals surface area contributed by atoms with Gasteiger partial charge in [-0.1, -0.05) is 23.7 Å². The quantitative estimate of drug-likeness (QED) is 0.588. The van der Waals surface area contributed by atoms with E-state index < -0.39 is 24.3 Å². The molecule has 8 heteroatoms. The van der Waals surface area contributed by atoms with Crippen molar-refractivity contribution in [1.82, 2.24) is 5.32 Å². The summed E-state index contributed by atoms with van der Waals surface area (Å²) in [6, 6.07) is 9.41. The Balaban J connectivity index is 1.82. The Morgan fingerprint density at radius 2 is 1.79 bits per heavy atom. The Kier molecular flexibility index (Phi) is 8.73. The van der Waals surface area contributed by atoms with Gasteiger partial charge in [-0.3, -0.25) is 4.79 Å². The van der Waals surface area contributed by atoms with E-state index in [0.29, 0.717) is 37.7 Å². The van der Waals surface area contributed by atoms with E-state index in [1.54, 1.807) is 0 Å². The van der Waals surface area contributed by atoms with E-state index in [2.05, 4.69) is 5.32 Å². The van der Waals surface area contributed by atoms with Crippen molar-refractivity contribution in [2.75, 3.05) is 26.4 Å². The molecule has 0 radical (unpaired) electrons. The Bertz CT molecular complexity index is 839. The second-order valence-corrected chi connectivity index (χ2v) is 6.33. The third-order valence-electron chi connectivity index (χ3n) is 3.84. The molecule has 0 spiro atoms. The van der Waals surface area contributed by atoms with Gasteiger partial charge in [0.05, 0.1) is 18.2 Å². The van der Waals surface area contributed by atoms with Gasteiger partial charge in [0.1, 0.15) is 11.4 Å². The maximum atomic E-state index is 13.7. The first-order valence-corrected chi connectivity index (χ1v) is 9.60. The van der Waals surface area contributed by atoms with Crippen molar-refractivity contribution >= 4 is 23.5 Å². The number of amides is 1. The lowest BCUT2D eigenvalue weighted by Crippen LogP contribution is -2.30. The van der Waals surface area contributed by atoms with Gasteiger partial charge in [-0.15, -0.1) is 0 Å². The monoisotopic (exact) mass is 423 g/mol. The molecule has 0 aliphatic rings. The molecule has 1 N–H and O–H groups in total. The largest absolute Gasteiger partial charge is 0.490 e. The zero-order chi connectivity index (χ0) is 21.2. The van der Waals surface area contributed by atoms with Crippen molar-refractivity contribution in [2.24, 2.45) is 0 Å². The Morgan fingerprint density at radius 3 is 2.48 bits per heavy atom. The summed E-state index contributed by atoms with van der Waals surface area (Å²) in [5, 5.41) is 2.57.